The summed E-state index contributed by atoms with van der Waals surface area (Å²) in [6.07, 6.45) is 6.57. The van der Waals surface area contributed by atoms with Gasteiger partial charge < -0.3 is 10.2 Å². The summed E-state index contributed by atoms with van der Waals surface area (Å²) in [5.74, 6) is 2.04. The van der Waals surface area contributed by atoms with Gasteiger partial charge in [-0.15, -0.1) is 0 Å². The third-order valence-corrected chi connectivity index (χ3v) is 4.25. The fourth-order valence-corrected chi connectivity index (χ4v) is 3.14. The maximum atomic E-state index is 11.1. The molecule has 1 atom stereocenters. The summed E-state index contributed by atoms with van der Waals surface area (Å²) >= 11 is 0. The molecule has 3 nitrogen and oxygen atoms in total. The summed E-state index contributed by atoms with van der Waals surface area (Å²) in [6, 6.07) is 0. The van der Waals surface area contributed by atoms with Crippen molar-refractivity contribution in [2.75, 3.05) is 33.2 Å². The van der Waals surface area contributed by atoms with Crippen LogP contribution in [-0.2, 0) is 4.79 Å². The van der Waals surface area contributed by atoms with Gasteiger partial charge in [0.15, 0.2) is 0 Å². The predicted octanol–water partition coefficient (Wildman–Crippen LogP) is 1.68. The van der Waals surface area contributed by atoms with Crippen LogP contribution in [0.3, 0.4) is 0 Å². The molecule has 1 aliphatic heterocycles. The Morgan fingerprint density at radius 1 is 1.18 bits per heavy atom. The van der Waals surface area contributed by atoms with Gasteiger partial charge in [0, 0.05) is 19.4 Å². The zero-order chi connectivity index (χ0) is 12.1. The molecule has 2 aliphatic rings. The molecule has 0 aromatic carbocycles. The quantitative estimate of drug-likeness (QED) is 0.809. The third kappa shape index (κ3) is 4.40. The second kappa shape index (κ2) is 6.50. The highest BCUT2D eigenvalue weighted by molar-refractivity contribution is 5.79. The van der Waals surface area contributed by atoms with Gasteiger partial charge in [0.2, 0.25) is 0 Å². The lowest BCUT2D eigenvalue weighted by Gasteiger charge is -2.30. The molecule has 0 aromatic rings. The SMILES string of the molecule is CN1CCCC(CNCC2CCC(=O)CC2)C1. The average Bonchev–Trinajstić information content (AvgIpc) is 2.32. The van der Waals surface area contributed by atoms with Crippen LogP contribution in [0.2, 0.25) is 0 Å². The minimum atomic E-state index is 0.468. The van der Waals surface area contributed by atoms with Crippen LogP contribution in [0, 0.1) is 11.8 Å². The van der Waals surface area contributed by atoms with Crippen molar-refractivity contribution in [3.63, 3.8) is 0 Å². The Kier molecular flexibility index (Phi) is 4.99. The maximum Gasteiger partial charge on any atom is 0.132 e. The number of nitrogens with one attached hydrogen (secondary N) is 1. The zero-order valence-electron chi connectivity index (χ0n) is 11.1. The average molecular weight is 238 g/mol. The van der Waals surface area contributed by atoms with E-state index < -0.39 is 0 Å². The highest BCUT2D eigenvalue weighted by atomic mass is 16.1. The molecule has 1 saturated carbocycles. The van der Waals surface area contributed by atoms with Crippen LogP contribution in [0.4, 0.5) is 0 Å². The van der Waals surface area contributed by atoms with Gasteiger partial charge in [-0.05, 0) is 64.2 Å². The number of ketones is 1. The van der Waals surface area contributed by atoms with Gasteiger partial charge in [-0.25, -0.2) is 0 Å². The van der Waals surface area contributed by atoms with Gasteiger partial charge in [-0.3, -0.25) is 4.79 Å². The van der Waals surface area contributed by atoms with Crippen molar-refractivity contribution >= 4 is 5.78 Å². The van der Waals surface area contributed by atoms with Crippen molar-refractivity contribution in [2.24, 2.45) is 11.8 Å². The molecule has 0 spiro atoms. The molecule has 1 N–H and O–H groups in total. The van der Waals surface area contributed by atoms with Crippen LogP contribution in [0.5, 0.6) is 0 Å². The van der Waals surface area contributed by atoms with Crippen molar-refractivity contribution in [3.05, 3.63) is 0 Å². The maximum absolute atomic E-state index is 11.1. The fraction of sp³-hybridized carbons (Fsp3) is 0.929. The van der Waals surface area contributed by atoms with Gasteiger partial charge >= 0.3 is 0 Å². The summed E-state index contributed by atoms with van der Waals surface area (Å²) in [6.45, 7) is 4.79. The largest absolute Gasteiger partial charge is 0.316 e. The van der Waals surface area contributed by atoms with Gasteiger partial charge in [0.25, 0.3) is 0 Å². The molecule has 2 rings (SSSR count). The lowest BCUT2D eigenvalue weighted by atomic mass is 9.88. The highest BCUT2D eigenvalue weighted by Crippen LogP contribution is 2.21. The van der Waals surface area contributed by atoms with Crippen molar-refractivity contribution in [3.8, 4) is 0 Å². The Balaban J connectivity index is 1.57. The second-order valence-electron chi connectivity index (χ2n) is 5.91. The number of nitrogens with zero attached hydrogens (tertiary/aromatic N) is 1. The lowest BCUT2D eigenvalue weighted by Crippen LogP contribution is -2.38. The van der Waals surface area contributed by atoms with E-state index in [-0.39, 0.29) is 0 Å². The standard InChI is InChI=1S/C14H26N2O/c1-16-8-2-3-13(11-16)10-15-9-12-4-6-14(17)7-5-12/h12-13,15H,2-11H2,1H3. The van der Waals surface area contributed by atoms with Crippen molar-refractivity contribution in [1.29, 1.82) is 0 Å². The Hall–Kier alpha value is -0.410. The van der Waals surface area contributed by atoms with E-state index in [2.05, 4.69) is 17.3 Å². The molecule has 0 aromatic heterocycles. The molecular weight excluding hydrogens is 212 g/mol. The number of Topliss-reactive ketones (excluding diaryl/α,β-unsaturated/α-hetero) is 1. The molecular formula is C14H26N2O. The van der Waals surface area contributed by atoms with Crippen LogP contribution < -0.4 is 5.32 Å². The normalized spacial score (nSPS) is 28.5. The van der Waals surface area contributed by atoms with Crippen LogP contribution in [0.25, 0.3) is 0 Å². The molecule has 1 unspecified atom stereocenters. The molecule has 0 amide bonds. The van der Waals surface area contributed by atoms with E-state index in [1.807, 2.05) is 0 Å². The van der Waals surface area contributed by atoms with E-state index in [9.17, 15) is 4.79 Å². The molecule has 0 bridgehead atoms. The van der Waals surface area contributed by atoms with Crippen LogP contribution >= 0.6 is 0 Å². The van der Waals surface area contributed by atoms with E-state index in [4.69, 9.17) is 0 Å². The lowest BCUT2D eigenvalue weighted by molar-refractivity contribution is -0.120. The van der Waals surface area contributed by atoms with Crippen molar-refractivity contribution < 1.29 is 4.79 Å². The van der Waals surface area contributed by atoms with Crippen molar-refractivity contribution in [2.45, 2.75) is 38.5 Å². The van der Waals surface area contributed by atoms with Gasteiger partial charge in [0.05, 0.1) is 0 Å². The molecule has 1 saturated heterocycles. The molecule has 17 heavy (non-hydrogen) atoms. The molecule has 3 heteroatoms. The molecule has 2 fully saturated rings. The minimum absolute atomic E-state index is 0.468. The summed E-state index contributed by atoms with van der Waals surface area (Å²) < 4.78 is 0. The van der Waals surface area contributed by atoms with Crippen LogP contribution in [0.15, 0.2) is 0 Å². The van der Waals surface area contributed by atoms with E-state index in [0.717, 1.165) is 50.6 Å². The smallest absolute Gasteiger partial charge is 0.132 e. The number of carbonyl (C=O) groups is 1. The number of hydrogen-bond donors (Lipinski definition) is 1. The Morgan fingerprint density at radius 3 is 2.59 bits per heavy atom. The molecule has 0 radical (unpaired) electrons. The Bertz CT molecular complexity index is 245. The first-order chi connectivity index (χ1) is 8.24. The van der Waals surface area contributed by atoms with E-state index in [1.165, 1.54) is 25.9 Å². The second-order valence-corrected chi connectivity index (χ2v) is 5.91. The summed E-state index contributed by atoms with van der Waals surface area (Å²) in [4.78, 5) is 13.6. The van der Waals surface area contributed by atoms with Crippen molar-refractivity contribution in [1.82, 2.24) is 10.2 Å². The Morgan fingerprint density at radius 2 is 1.88 bits per heavy atom. The Labute approximate surface area is 105 Å². The molecule has 1 heterocycles. The predicted molar refractivity (Wildman–Crippen MR) is 70.1 cm³/mol. The summed E-state index contributed by atoms with van der Waals surface area (Å²) in [5, 5.41) is 3.62. The van der Waals surface area contributed by atoms with Crippen LogP contribution in [0.1, 0.15) is 38.5 Å². The topological polar surface area (TPSA) is 32.3 Å². The number of rotatable bonds is 4. The van der Waals surface area contributed by atoms with Gasteiger partial charge in [0.1, 0.15) is 5.78 Å². The highest BCUT2D eigenvalue weighted by Gasteiger charge is 2.20. The number of likely N-dealkylation sites (tertiary alicyclic amines) is 1. The van der Waals surface area contributed by atoms with Gasteiger partial charge in [-0.2, -0.15) is 0 Å². The van der Waals surface area contributed by atoms with E-state index in [1.54, 1.807) is 0 Å². The molecule has 1 aliphatic carbocycles. The number of carbonyl (C=O) groups excluding carboxylic acids is 1. The first-order valence-electron chi connectivity index (χ1n) is 7.15. The zero-order valence-corrected chi connectivity index (χ0v) is 11.1. The monoisotopic (exact) mass is 238 g/mol. The number of hydrogen-bond acceptors (Lipinski definition) is 3. The first-order valence-corrected chi connectivity index (χ1v) is 7.15. The van der Waals surface area contributed by atoms with E-state index in [0.29, 0.717) is 5.78 Å². The minimum Gasteiger partial charge on any atom is -0.316 e. The van der Waals surface area contributed by atoms with Gasteiger partial charge in [-0.1, -0.05) is 0 Å². The third-order valence-electron chi connectivity index (χ3n) is 4.25. The summed E-state index contributed by atoms with van der Waals surface area (Å²) in [7, 11) is 2.22. The van der Waals surface area contributed by atoms with E-state index >= 15 is 0 Å². The fourth-order valence-electron chi connectivity index (χ4n) is 3.14. The number of piperidine rings is 1. The summed E-state index contributed by atoms with van der Waals surface area (Å²) in [5.41, 5.74) is 0. The van der Waals surface area contributed by atoms with Crippen LogP contribution in [-0.4, -0.2) is 43.9 Å². The molecule has 98 valence electrons. The first kappa shape index (κ1) is 13.0.